The molecule has 27 heavy (non-hydrogen) atoms. The molecule has 0 saturated carbocycles. The van der Waals surface area contributed by atoms with Crippen molar-refractivity contribution in [3.8, 4) is 11.5 Å². The lowest BCUT2D eigenvalue weighted by atomic mass is 10.2. The van der Waals surface area contributed by atoms with Crippen molar-refractivity contribution >= 4 is 23.3 Å². The molecule has 2 rings (SSSR count). The minimum atomic E-state index is -0.668. The van der Waals surface area contributed by atoms with Gasteiger partial charge in [-0.05, 0) is 31.2 Å². The normalized spacial score (nSPS) is 9.85. The molecular weight excluding hydrogens is 356 g/mol. The molecule has 0 unspecified atom stereocenters. The second-order valence-electron chi connectivity index (χ2n) is 5.32. The molecule has 2 aromatic rings. The molecule has 0 fully saturated rings. The van der Waals surface area contributed by atoms with Crippen LogP contribution < -0.4 is 25.6 Å². The molecular formula is C17H18N4O6. The number of hydrogen-bond acceptors (Lipinski definition) is 6. The molecule has 3 amide bonds. The van der Waals surface area contributed by atoms with E-state index >= 15 is 0 Å². The van der Waals surface area contributed by atoms with Gasteiger partial charge in [-0.1, -0.05) is 12.1 Å². The van der Waals surface area contributed by atoms with Crippen LogP contribution in [0.5, 0.6) is 11.5 Å². The first kappa shape index (κ1) is 19.5. The Morgan fingerprint density at radius 3 is 2.56 bits per heavy atom. The van der Waals surface area contributed by atoms with Gasteiger partial charge in [-0.25, -0.2) is 10.2 Å². The Morgan fingerprint density at radius 2 is 1.89 bits per heavy atom. The largest absolute Gasteiger partial charge is 0.495 e. The summed E-state index contributed by atoms with van der Waals surface area (Å²) in [5.74, 6) is 0.156. The Bertz CT molecular complexity index is 855. The van der Waals surface area contributed by atoms with Crippen LogP contribution in [0.4, 0.5) is 16.2 Å². The number of methoxy groups -OCH3 is 1. The highest BCUT2D eigenvalue weighted by Gasteiger charge is 2.12. The Kier molecular flexibility index (Phi) is 6.53. The fourth-order valence-corrected chi connectivity index (χ4v) is 2.14. The zero-order valence-electron chi connectivity index (χ0n) is 14.6. The molecule has 2 aromatic carbocycles. The van der Waals surface area contributed by atoms with Crippen LogP contribution in [0.3, 0.4) is 0 Å². The fourth-order valence-electron chi connectivity index (χ4n) is 2.14. The summed E-state index contributed by atoms with van der Waals surface area (Å²) in [5.41, 5.74) is 5.16. The smallest absolute Gasteiger partial charge is 0.338 e. The Labute approximate surface area is 154 Å². The average molecular weight is 374 g/mol. The molecule has 142 valence electrons. The predicted molar refractivity (Wildman–Crippen MR) is 96.6 cm³/mol. The number of carbonyl (C=O) groups is 2. The van der Waals surface area contributed by atoms with Gasteiger partial charge in [-0.2, -0.15) is 0 Å². The van der Waals surface area contributed by atoms with Crippen molar-refractivity contribution < 1.29 is 24.0 Å². The highest BCUT2D eigenvalue weighted by atomic mass is 16.6. The zero-order chi connectivity index (χ0) is 19.8. The first-order valence-corrected chi connectivity index (χ1v) is 7.77. The number of nitro groups is 1. The summed E-state index contributed by atoms with van der Waals surface area (Å²) in [6, 6.07) is 10.3. The van der Waals surface area contributed by atoms with Gasteiger partial charge in [0.1, 0.15) is 11.5 Å². The van der Waals surface area contributed by atoms with Crippen molar-refractivity contribution in [3.05, 3.63) is 58.1 Å². The molecule has 0 radical (unpaired) electrons. The molecule has 0 aliphatic carbocycles. The van der Waals surface area contributed by atoms with Crippen LogP contribution in [0, 0.1) is 17.0 Å². The molecule has 0 aliphatic rings. The van der Waals surface area contributed by atoms with Gasteiger partial charge < -0.3 is 14.8 Å². The van der Waals surface area contributed by atoms with Crippen LogP contribution in [0.2, 0.25) is 0 Å². The third-order valence-electron chi connectivity index (χ3n) is 3.41. The number of nitrogens with one attached hydrogen (secondary N) is 3. The first-order valence-electron chi connectivity index (χ1n) is 7.77. The number of aryl methyl sites for hydroxylation is 1. The lowest BCUT2D eigenvalue weighted by molar-refractivity contribution is -0.385. The zero-order valence-corrected chi connectivity index (χ0v) is 14.6. The molecule has 0 spiro atoms. The van der Waals surface area contributed by atoms with E-state index in [0.29, 0.717) is 22.7 Å². The summed E-state index contributed by atoms with van der Waals surface area (Å²) in [5, 5.41) is 13.3. The molecule has 0 heterocycles. The van der Waals surface area contributed by atoms with Gasteiger partial charge in [-0.15, -0.1) is 0 Å². The minimum absolute atomic E-state index is 0.0403. The molecule has 0 aliphatic heterocycles. The number of hydrazine groups is 1. The van der Waals surface area contributed by atoms with E-state index in [1.165, 1.54) is 25.3 Å². The van der Waals surface area contributed by atoms with Crippen LogP contribution in [0.25, 0.3) is 0 Å². The van der Waals surface area contributed by atoms with Gasteiger partial charge in [-0.3, -0.25) is 20.3 Å². The third-order valence-corrected chi connectivity index (χ3v) is 3.41. The molecule has 0 bridgehead atoms. The van der Waals surface area contributed by atoms with Crippen LogP contribution >= 0.6 is 0 Å². The standard InChI is InChI=1S/C17H18N4O6/c1-11-9-12(7-8-14(11)21(24)25)27-10-16(22)19-20-17(23)18-13-5-3-4-6-15(13)26-2/h3-9H,10H2,1-2H3,(H,19,22)(H2,18,20,23). The van der Waals surface area contributed by atoms with E-state index in [2.05, 4.69) is 16.2 Å². The summed E-state index contributed by atoms with van der Waals surface area (Å²) in [4.78, 5) is 33.8. The molecule has 10 heteroatoms. The molecule has 10 nitrogen and oxygen atoms in total. The number of anilines is 1. The van der Waals surface area contributed by atoms with Crippen molar-refractivity contribution in [1.29, 1.82) is 0 Å². The highest BCUT2D eigenvalue weighted by Crippen LogP contribution is 2.23. The summed E-state index contributed by atoms with van der Waals surface area (Å²) in [6.07, 6.45) is 0. The summed E-state index contributed by atoms with van der Waals surface area (Å²) >= 11 is 0. The van der Waals surface area contributed by atoms with Crippen molar-refractivity contribution in [2.24, 2.45) is 0 Å². The lowest BCUT2D eigenvalue weighted by Crippen LogP contribution is -2.45. The predicted octanol–water partition coefficient (Wildman–Crippen LogP) is 2.14. The number of nitro benzene ring substituents is 1. The molecule has 0 aromatic heterocycles. The Hall–Kier alpha value is -3.82. The van der Waals surface area contributed by atoms with Gasteiger partial charge in [0, 0.05) is 11.6 Å². The number of carbonyl (C=O) groups excluding carboxylic acids is 2. The highest BCUT2D eigenvalue weighted by molar-refractivity contribution is 5.92. The summed E-state index contributed by atoms with van der Waals surface area (Å²) in [6.45, 7) is 1.18. The number of urea groups is 1. The number of nitrogens with zero attached hydrogens (tertiary/aromatic N) is 1. The molecule has 0 atom stereocenters. The maximum Gasteiger partial charge on any atom is 0.338 e. The molecule has 3 N–H and O–H groups in total. The van der Waals surface area contributed by atoms with Gasteiger partial charge in [0.05, 0.1) is 17.7 Å². The number of rotatable bonds is 6. The Balaban J connectivity index is 1.80. The topological polar surface area (TPSA) is 132 Å². The monoisotopic (exact) mass is 374 g/mol. The second-order valence-corrected chi connectivity index (χ2v) is 5.32. The number of para-hydroxylation sites is 2. The quantitative estimate of drug-likeness (QED) is 0.524. The van der Waals surface area contributed by atoms with Gasteiger partial charge >= 0.3 is 6.03 Å². The van der Waals surface area contributed by atoms with Gasteiger partial charge in [0.2, 0.25) is 0 Å². The van der Waals surface area contributed by atoms with Crippen LogP contribution in [-0.2, 0) is 4.79 Å². The van der Waals surface area contributed by atoms with Crippen LogP contribution in [-0.4, -0.2) is 30.6 Å². The van der Waals surface area contributed by atoms with E-state index < -0.39 is 16.9 Å². The minimum Gasteiger partial charge on any atom is -0.495 e. The van der Waals surface area contributed by atoms with E-state index in [0.717, 1.165) is 0 Å². The second kappa shape index (κ2) is 9.04. The van der Waals surface area contributed by atoms with Crippen LogP contribution in [0.1, 0.15) is 5.56 Å². The number of benzene rings is 2. The summed E-state index contributed by atoms with van der Waals surface area (Å²) < 4.78 is 10.3. The number of amides is 3. The van der Waals surface area contributed by atoms with E-state index in [1.54, 1.807) is 31.2 Å². The number of hydrogen-bond donors (Lipinski definition) is 3. The van der Waals surface area contributed by atoms with Crippen molar-refractivity contribution in [2.75, 3.05) is 19.0 Å². The van der Waals surface area contributed by atoms with Crippen molar-refractivity contribution in [1.82, 2.24) is 10.9 Å². The summed E-state index contributed by atoms with van der Waals surface area (Å²) in [7, 11) is 1.47. The Morgan fingerprint density at radius 1 is 1.15 bits per heavy atom. The maximum atomic E-state index is 11.8. The fraction of sp³-hybridized carbons (Fsp3) is 0.176. The molecule has 0 saturated heterocycles. The SMILES string of the molecule is COc1ccccc1NC(=O)NNC(=O)COc1ccc([N+](=O)[O-])c(C)c1. The van der Waals surface area contributed by atoms with Crippen molar-refractivity contribution in [2.45, 2.75) is 6.92 Å². The number of ether oxygens (including phenoxy) is 2. The van der Waals surface area contributed by atoms with E-state index in [9.17, 15) is 19.7 Å². The maximum absolute atomic E-state index is 11.8. The van der Waals surface area contributed by atoms with Gasteiger partial charge in [0.25, 0.3) is 11.6 Å². The van der Waals surface area contributed by atoms with E-state index in [4.69, 9.17) is 9.47 Å². The van der Waals surface area contributed by atoms with Crippen molar-refractivity contribution in [3.63, 3.8) is 0 Å². The van der Waals surface area contributed by atoms with E-state index in [1.807, 2.05) is 0 Å². The van der Waals surface area contributed by atoms with E-state index in [-0.39, 0.29) is 12.3 Å². The first-order chi connectivity index (χ1) is 12.9. The lowest BCUT2D eigenvalue weighted by Gasteiger charge is -2.12. The third kappa shape index (κ3) is 5.59. The average Bonchev–Trinajstić information content (AvgIpc) is 2.65. The van der Waals surface area contributed by atoms with Gasteiger partial charge in [0.15, 0.2) is 6.61 Å². The van der Waals surface area contributed by atoms with Crippen LogP contribution in [0.15, 0.2) is 42.5 Å².